The third kappa shape index (κ3) is 3.28. The largest absolute Gasteiger partial charge is 0.148 e. The third-order valence-electron chi connectivity index (χ3n) is 2.08. The quantitative estimate of drug-likeness (QED) is 0.554. The normalized spacial score (nSPS) is 11.9. The van der Waals surface area contributed by atoms with Crippen LogP contribution in [0.5, 0.6) is 0 Å². The van der Waals surface area contributed by atoms with Crippen LogP contribution in [0.25, 0.3) is 0 Å². The van der Waals surface area contributed by atoms with Crippen LogP contribution in [0.2, 0.25) is 0 Å². The molecule has 0 nitrogen and oxygen atoms in total. The number of hydrogen-bond acceptors (Lipinski definition) is 1. The highest BCUT2D eigenvalue weighted by Crippen LogP contribution is 2.25. The van der Waals surface area contributed by atoms with Crippen LogP contribution >= 0.6 is 51.1 Å². The van der Waals surface area contributed by atoms with Crippen molar-refractivity contribution in [2.45, 2.75) is 20.3 Å². The minimum Gasteiger partial charge on any atom is -0.148 e. The van der Waals surface area contributed by atoms with Crippen LogP contribution in [-0.4, -0.2) is 0 Å². The lowest BCUT2D eigenvalue weighted by Gasteiger charge is -2.07. The van der Waals surface area contributed by atoms with E-state index in [1.807, 2.05) is 13.0 Å². The summed E-state index contributed by atoms with van der Waals surface area (Å²) in [5, 5.41) is 0. The van der Waals surface area contributed by atoms with E-state index in [1.54, 1.807) is 0 Å². The first-order valence-electron chi connectivity index (χ1n) is 4.33. The molecule has 0 radical (unpaired) electrons. The molecule has 1 aromatic rings. The molecule has 0 saturated carbocycles. The van der Waals surface area contributed by atoms with E-state index in [0.717, 1.165) is 11.3 Å². The number of aryl methyl sites for hydroxylation is 1. The summed E-state index contributed by atoms with van der Waals surface area (Å²) < 4.78 is 2.42. The summed E-state index contributed by atoms with van der Waals surface area (Å²) in [6, 6.07) is 4.37. The van der Waals surface area contributed by atoms with E-state index in [4.69, 9.17) is 0 Å². The molecular formula is C11H12BrIS. The molecular weight excluding hydrogens is 371 g/mol. The number of hydrogen-bond donors (Lipinski definition) is 1. The molecule has 0 aromatic heterocycles. The summed E-state index contributed by atoms with van der Waals surface area (Å²) in [6.45, 7) is 4.15. The molecule has 0 saturated heterocycles. The van der Waals surface area contributed by atoms with Crippen LogP contribution in [0.1, 0.15) is 18.1 Å². The minimum absolute atomic E-state index is 0.925. The lowest BCUT2D eigenvalue weighted by atomic mass is 10.1. The topological polar surface area (TPSA) is 0 Å². The number of benzene rings is 1. The van der Waals surface area contributed by atoms with Gasteiger partial charge in [0, 0.05) is 14.5 Å². The summed E-state index contributed by atoms with van der Waals surface area (Å²) in [6.07, 6.45) is 2.96. The van der Waals surface area contributed by atoms with E-state index >= 15 is 0 Å². The molecule has 0 unspecified atom stereocenters. The monoisotopic (exact) mass is 382 g/mol. The summed E-state index contributed by atoms with van der Waals surface area (Å²) >= 11 is 10.3. The lowest BCUT2D eigenvalue weighted by molar-refractivity contribution is 1.18. The van der Waals surface area contributed by atoms with Gasteiger partial charge in [-0.1, -0.05) is 6.08 Å². The summed E-state index contributed by atoms with van der Waals surface area (Å²) in [4.78, 5) is 1.12. The van der Waals surface area contributed by atoms with Crippen LogP contribution in [-0.2, 0) is 6.42 Å². The molecule has 3 heteroatoms. The predicted octanol–water partition coefficient (Wildman–Crippen LogP) is 4.74. The van der Waals surface area contributed by atoms with Crippen molar-refractivity contribution >= 4 is 51.1 Å². The Balaban J connectivity index is 3.04. The van der Waals surface area contributed by atoms with E-state index in [0.29, 0.717) is 0 Å². The third-order valence-corrected chi connectivity index (χ3v) is 4.79. The maximum absolute atomic E-state index is 4.40. The van der Waals surface area contributed by atoms with Gasteiger partial charge in [0.1, 0.15) is 0 Å². The highest BCUT2D eigenvalue weighted by atomic mass is 127. The van der Waals surface area contributed by atoms with Gasteiger partial charge in [-0.2, -0.15) is 0 Å². The lowest BCUT2D eigenvalue weighted by Crippen LogP contribution is -1.92. The summed E-state index contributed by atoms with van der Waals surface area (Å²) in [7, 11) is 0. The fourth-order valence-corrected chi connectivity index (χ4v) is 2.33. The Kier molecular flexibility index (Phi) is 5.00. The molecule has 0 atom stereocenters. The molecule has 0 spiro atoms. The first-order valence-corrected chi connectivity index (χ1v) is 6.65. The fourth-order valence-electron chi connectivity index (χ4n) is 1.18. The SMILES string of the molecule is C/C=C(\S)Cc1cc(I)c(Br)cc1C. The molecule has 0 aliphatic carbocycles. The van der Waals surface area contributed by atoms with Crippen molar-refractivity contribution in [3.8, 4) is 0 Å². The highest BCUT2D eigenvalue weighted by molar-refractivity contribution is 14.1. The van der Waals surface area contributed by atoms with Crippen LogP contribution in [0.15, 0.2) is 27.6 Å². The number of allylic oxidation sites excluding steroid dienone is 2. The summed E-state index contributed by atoms with van der Waals surface area (Å²) in [5.74, 6) is 0. The number of rotatable bonds is 2. The second-order valence-corrected chi connectivity index (χ2v) is 5.74. The van der Waals surface area contributed by atoms with Gasteiger partial charge in [0.25, 0.3) is 0 Å². The van der Waals surface area contributed by atoms with Crippen LogP contribution in [0, 0.1) is 10.5 Å². The average molecular weight is 383 g/mol. The Labute approximate surface area is 113 Å². The molecule has 1 aromatic carbocycles. The van der Waals surface area contributed by atoms with Crippen molar-refractivity contribution in [1.29, 1.82) is 0 Å². The zero-order valence-electron chi connectivity index (χ0n) is 8.14. The maximum atomic E-state index is 4.40. The minimum atomic E-state index is 0.925. The van der Waals surface area contributed by atoms with Crippen molar-refractivity contribution in [1.82, 2.24) is 0 Å². The van der Waals surface area contributed by atoms with Gasteiger partial charge in [-0.15, -0.1) is 12.6 Å². The van der Waals surface area contributed by atoms with Crippen molar-refractivity contribution in [3.05, 3.63) is 42.3 Å². The Hall–Kier alpha value is 0.520. The molecule has 14 heavy (non-hydrogen) atoms. The standard InChI is InChI=1S/C11H12BrIS/c1-3-9(14)5-8-6-11(13)10(12)4-7(8)2/h3-4,6,14H,5H2,1-2H3/b9-3-. The van der Waals surface area contributed by atoms with Crippen molar-refractivity contribution in [2.75, 3.05) is 0 Å². The van der Waals surface area contributed by atoms with Gasteiger partial charge >= 0.3 is 0 Å². The molecule has 0 aliphatic heterocycles. The molecule has 0 amide bonds. The second-order valence-electron chi connectivity index (χ2n) is 3.15. The van der Waals surface area contributed by atoms with Gasteiger partial charge in [-0.25, -0.2) is 0 Å². The molecule has 0 aliphatic rings. The Bertz CT molecular complexity index is 372. The fraction of sp³-hybridized carbons (Fsp3) is 0.273. The molecule has 1 rings (SSSR count). The van der Waals surface area contributed by atoms with E-state index < -0.39 is 0 Å². The van der Waals surface area contributed by atoms with Crippen LogP contribution < -0.4 is 0 Å². The predicted molar refractivity (Wildman–Crippen MR) is 78.0 cm³/mol. The molecule has 0 heterocycles. The van der Waals surface area contributed by atoms with Gasteiger partial charge in [0.05, 0.1) is 0 Å². The Morgan fingerprint density at radius 3 is 2.79 bits per heavy atom. The Morgan fingerprint density at radius 1 is 1.57 bits per heavy atom. The molecule has 0 N–H and O–H groups in total. The van der Waals surface area contributed by atoms with Gasteiger partial charge in [-0.05, 0) is 80.5 Å². The van der Waals surface area contributed by atoms with E-state index in [1.165, 1.54) is 19.2 Å². The van der Waals surface area contributed by atoms with E-state index in [2.05, 4.69) is 70.2 Å². The van der Waals surface area contributed by atoms with Crippen molar-refractivity contribution < 1.29 is 0 Å². The van der Waals surface area contributed by atoms with Gasteiger partial charge in [0.15, 0.2) is 0 Å². The van der Waals surface area contributed by atoms with Crippen LogP contribution in [0.3, 0.4) is 0 Å². The second kappa shape index (κ2) is 5.56. The zero-order valence-corrected chi connectivity index (χ0v) is 12.8. The number of halogens is 2. The average Bonchev–Trinajstić information content (AvgIpc) is 2.14. The van der Waals surface area contributed by atoms with Gasteiger partial charge in [0.2, 0.25) is 0 Å². The first kappa shape index (κ1) is 12.6. The number of thiol groups is 1. The molecule has 76 valence electrons. The first-order chi connectivity index (χ1) is 6.54. The van der Waals surface area contributed by atoms with Gasteiger partial charge < -0.3 is 0 Å². The van der Waals surface area contributed by atoms with E-state index in [9.17, 15) is 0 Å². The van der Waals surface area contributed by atoms with Crippen LogP contribution in [0.4, 0.5) is 0 Å². The van der Waals surface area contributed by atoms with E-state index in [-0.39, 0.29) is 0 Å². The smallest absolute Gasteiger partial charge is 0.0311 e. The van der Waals surface area contributed by atoms with Crippen molar-refractivity contribution in [2.24, 2.45) is 0 Å². The van der Waals surface area contributed by atoms with Crippen molar-refractivity contribution in [3.63, 3.8) is 0 Å². The molecule has 0 bridgehead atoms. The zero-order chi connectivity index (χ0) is 10.7. The Morgan fingerprint density at radius 2 is 2.21 bits per heavy atom. The highest BCUT2D eigenvalue weighted by Gasteiger charge is 2.04. The maximum Gasteiger partial charge on any atom is 0.0311 e. The van der Waals surface area contributed by atoms with Gasteiger partial charge in [-0.3, -0.25) is 0 Å². The summed E-state index contributed by atoms with van der Waals surface area (Å²) in [5.41, 5.74) is 2.66. The molecule has 0 fully saturated rings.